The third-order valence-corrected chi connectivity index (χ3v) is 4.63. The SMILES string of the molecule is CC(=O)c1c(O)n(-c2ccc(Cl)cc2)c(=S)n(-c2ccc(Cl)cc2)c1=O. The van der Waals surface area contributed by atoms with E-state index in [0.717, 1.165) is 0 Å². The molecule has 0 radical (unpaired) electrons. The summed E-state index contributed by atoms with van der Waals surface area (Å²) in [6.45, 7) is 1.21. The van der Waals surface area contributed by atoms with Crippen LogP contribution in [0.5, 0.6) is 5.88 Å². The summed E-state index contributed by atoms with van der Waals surface area (Å²) in [6, 6.07) is 12.9. The van der Waals surface area contributed by atoms with E-state index in [1.807, 2.05) is 0 Å². The molecule has 26 heavy (non-hydrogen) atoms. The van der Waals surface area contributed by atoms with Gasteiger partial charge in [0.1, 0.15) is 5.56 Å². The zero-order valence-corrected chi connectivity index (χ0v) is 15.8. The van der Waals surface area contributed by atoms with E-state index in [1.165, 1.54) is 16.1 Å². The van der Waals surface area contributed by atoms with E-state index in [-0.39, 0.29) is 10.3 Å². The smallest absolute Gasteiger partial charge is 0.273 e. The lowest BCUT2D eigenvalue weighted by Gasteiger charge is -2.17. The third-order valence-electron chi connectivity index (χ3n) is 3.76. The number of Topliss-reactive ketones (excluding diaryl/α,β-unsaturated/α-hetero) is 1. The lowest BCUT2D eigenvalue weighted by molar-refractivity contribution is 0.101. The second-order valence-corrected chi connectivity index (χ2v) is 6.70. The number of nitrogens with zero attached hydrogens (tertiary/aromatic N) is 2. The Labute approximate surface area is 163 Å². The first-order valence-electron chi connectivity index (χ1n) is 7.45. The molecule has 0 amide bonds. The molecule has 0 atom stereocenters. The maximum atomic E-state index is 12.8. The summed E-state index contributed by atoms with van der Waals surface area (Å²) in [4.78, 5) is 24.8. The summed E-state index contributed by atoms with van der Waals surface area (Å²) in [5, 5.41) is 11.6. The minimum absolute atomic E-state index is 0.00199. The van der Waals surface area contributed by atoms with Crippen molar-refractivity contribution in [2.24, 2.45) is 0 Å². The number of hydrogen-bond acceptors (Lipinski definition) is 4. The van der Waals surface area contributed by atoms with E-state index >= 15 is 0 Å². The molecule has 0 aliphatic heterocycles. The normalized spacial score (nSPS) is 10.7. The minimum atomic E-state index is -0.701. The number of aromatic nitrogens is 2. The van der Waals surface area contributed by atoms with Crippen molar-refractivity contribution in [2.75, 3.05) is 0 Å². The van der Waals surface area contributed by atoms with Gasteiger partial charge >= 0.3 is 0 Å². The Hall–Kier alpha value is -2.41. The van der Waals surface area contributed by atoms with E-state index in [9.17, 15) is 14.7 Å². The Morgan fingerprint density at radius 1 is 0.923 bits per heavy atom. The molecule has 0 aliphatic rings. The molecular weight excluding hydrogens is 395 g/mol. The van der Waals surface area contributed by atoms with Crippen LogP contribution in [0.25, 0.3) is 11.4 Å². The first-order valence-corrected chi connectivity index (χ1v) is 8.61. The Balaban J connectivity index is 2.44. The predicted octanol–water partition coefficient (Wildman–Crippen LogP) is 4.57. The van der Waals surface area contributed by atoms with Gasteiger partial charge in [-0.05, 0) is 67.7 Å². The van der Waals surface area contributed by atoms with Crippen LogP contribution in [0.1, 0.15) is 17.3 Å². The number of carbonyl (C=O) groups excluding carboxylic acids is 1. The summed E-state index contributed by atoms with van der Waals surface area (Å²) in [7, 11) is 0. The van der Waals surface area contributed by atoms with Crippen molar-refractivity contribution < 1.29 is 9.90 Å². The highest BCUT2D eigenvalue weighted by Crippen LogP contribution is 2.24. The Bertz CT molecular complexity index is 1120. The molecule has 0 saturated carbocycles. The van der Waals surface area contributed by atoms with Gasteiger partial charge in [-0.3, -0.25) is 18.7 Å². The molecule has 0 spiro atoms. The molecule has 0 bridgehead atoms. The predicted molar refractivity (Wildman–Crippen MR) is 104 cm³/mol. The van der Waals surface area contributed by atoms with Crippen molar-refractivity contribution in [3.63, 3.8) is 0 Å². The standard InChI is InChI=1S/C18H12Cl2N2O3S/c1-10(23)15-16(24)21(13-6-2-11(19)3-7-13)18(26)22(17(15)25)14-8-4-12(20)5-9-14/h2-9,24H,1H3. The van der Waals surface area contributed by atoms with Gasteiger partial charge in [0, 0.05) is 10.0 Å². The van der Waals surface area contributed by atoms with Crippen LogP contribution in [0.15, 0.2) is 53.3 Å². The highest BCUT2D eigenvalue weighted by molar-refractivity contribution is 7.71. The minimum Gasteiger partial charge on any atom is -0.493 e. The molecule has 0 aliphatic carbocycles. The lowest BCUT2D eigenvalue weighted by Crippen LogP contribution is -2.28. The van der Waals surface area contributed by atoms with Gasteiger partial charge in [0.25, 0.3) is 5.56 Å². The molecule has 1 aromatic heterocycles. The fourth-order valence-electron chi connectivity index (χ4n) is 2.55. The van der Waals surface area contributed by atoms with Crippen LogP contribution in [-0.2, 0) is 0 Å². The summed E-state index contributed by atoms with van der Waals surface area (Å²) >= 11 is 17.2. The zero-order chi connectivity index (χ0) is 19.0. The molecule has 1 heterocycles. The van der Waals surface area contributed by atoms with Crippen molar-refractivity contribution in [2.45, 2.75) is 6.92 Å². The summed E-state index contributed by atoms with van der Waals surface area (Å²) < 4.78 is 2.43. The van der Waals surface area contributed by atoms with Crippen LogP contribution in [0.3, 0.4) is 0 Å². The Morgan fingerprint density at radius 2 is 1.35 bits per heavy atom. The Kier molecular flexibility index (Phi) is 5.00. The second kappa shape index (κ2) is 7.07. The van der Waals surface area contributed by atoms with Crippen molar-refractivity contribution in [3.8, 4) is 17.3 Å². The zero-order valence-electron chi connectivity index (χ0n) is 13.4. The van der Waals surface area contributed by atoms with Crippen LogP contribution in [0.4, 0.5) is 0 Å². The summed E-state index contributed by atoms with van der Waals surface area (Å²) in [5.74, 6) is -1.09. The number of halogens is 2. The number of aromatic hydroxyl groups is 1. The number of ketones is 1. The van der Waals surface area contributed by atoms with Crippen molar-refractivity contribution in [1.29, 1.82) is 0 Å². The lowest BCUT2D eigenvalue weighted by atomic mass is 10.2. The molecule has 1 N–H and O–H groups in total. The van der Waals surface area contributed by atoms with Crippen LogP contribution >= 0.6 is 35.4 Å². The molecule has 0 fully saturated rings. The average Bonchev–Trinajstić information content (AvgIpc) is 2.58. The van der Waals surface area contributed by atoms with Gasteiger partial charge in [-0.1, -0.05) is 23.2 Å². The van der Waals surface area contributed by atoms with Gasteiger partial charge in [-0.25, -0.2) is 0 Å². The van der Waals surface area contributed by atoms with Gasteiger partial charge in [-0.2, -0.15) is 0 Å². The number of benzene rings is 2. The first-order chi connectivity index (χ1) is 12.3. The number of rotatable bonds is 3. The molecular formula is C18H12Cl2N2O3S. The molecule has 132 valence electrons. The fraction of sp³-hybridized carbons (Fsp3) is 0.0556. The topological polar surface area (TPSA) is 64.2 Å². The molecule has 2 aromatic carbocycles. The number of carbonyl (C=O) groups is 1. The van der Waals surface area contributed by atoms with E-state index in [1.54, 1.807) is 48.5 Å². The maximum Gasteiger partial charge on any atom is 0.273 e. The van der Waals surface area contributed by atoms with Gasteiger partial charge in [0.15, 0.2) is 10.6 Å². The second-order valence-electron chi connectivity index (χ2n) is 5.47. The van der Waals surface area contributed by atoms with Crippen molar-refractivity contribution in [1.82, 2.24) is 9.13 Å². The largest absolute Gasteiger partial charge is 0.493 e. The molecule has 8 heteroatoms. The van der Waals surface area contributed by atoms with Crippen LogP contribution in [-0.4, -0.2) is 20.0 Å². The molecule has 0 unspecified atom stereocenters. The number of hydrogen-bond donors (Lipinski definition) is 1. The van der Waals surface area contributed by atoms with Crippen molar-refractivity contribution in [3.05, 3.63) is 79.3 Å². The van der Waals surface area contributed by atoms with E-state index < -0.39 is 17.2 Å². The molecule has 5 nitrogen and oxygen atoms in total. The van der Waals surface area contributed by atoms with Gasteiger partial charge in [0.2, 0.25) is 5.88 Å². The van der Waals surface area contributed by atoms with E-state index in [4.69, 9.17) is 35.4 Å². The summed E-state index contributed by atoms with van der Waals surface area (Å²) in [6.07, 6.45) is 0. The van der Waals surface area contributed by atoms with Crippen LogP contribution < -0.4 is 5.56 Å². The Morgan fingerprint density at radius 3 is 1.77 bits per heavy atom. The van der Waals surface area contributed by atoms with Gasteiger partial charge in [0.05, 0.1) is 11.4 Å². The summed E-state index contributed by atoms with van der Waals surface area (Å²) in [5.41, 5.74) is -0.173. The first kappa shape index (κ1) is 18.4. The third kappa shape index (κ3) is 3.19. The maximum absolute atomic E-state index is 12.8. The van der Waals surface area contributed by atoms with E-state index in [2.05, 4.69) is 0 Å². The molecule has 3 aromatic rings. The van der Waals surface area contributed by atoms with Crippen LogP contribution in [0, 0.1) is 4.77 Å². The van der Waals surface area contributed by atoms with Crippen LogP contribution in [0.2, 0.25) is 10.0 Å². The van der Waals surface area contributed by atoms with Gasteiger partial charge < -0.3 is 5.11 Å². The van der Waals surface area contributed by atoms with Gasteiger partial charge in [-0.15, -0.1) is 0 Å². The van der Waals surface area contributed by atoms with E-state index in [0.29, 0.717) is 21.4 Å². The highest BCUT2D eigenvalue weighted by atomic mass is 35.5. The van der Waals surface area contributed by atoms with Crippen molar-refractivity contribution >= 4 is 41.2 Å². The quantitative estimate of drug-likeness (QED) is 0.510. The highest BCUT2D eigenvalue weighted by Gasteiger charge is 2.22. The average molecular weight is 407 g/mol. The molecule has 3 rings (SSSR count). The monoisotopic (exact) mass is 406 g/mol. The fourth-order valence-corrected chi connectivity index (χ4v) is 3.18. The molecule has 0 saturated heterocycles.